The third-order valence-corrected chi connectivity index (χ3v) is 3.85. The maximum absolute atomic E-state index is 13.3. The van der Waals surface area contributed by atoms with Gasteiger partial charge in [0.05, 0.1) is 15.4 Å². The van der Waals surface area contributed by atoms with Crippen molar-refractivity contribution < 1.29 is 4.39 Å². The Hall–Kier alpha value is -0.940. The lowest BCUT2D eigenvalue weighted by Crippen LogP contribution is -2.21. The third-order valence-electron chi connectivity index (χ3n) is 2.83. The molecule has 1 fully saturated rings. The van der Waals surface area contributed by atoms with Crippen molar-refractivity contribution in [1.82, 2.24) is 9.55 Å². The van der Waals surface area contributed by atoms with Crippen LogP contribution in [0.5, 0.6) is 0 Å². The van der Waals surface area contributed by atoms with Gasteiger partial charge in [0, 0.05) is 6.04 Å². The number of nitrogens with zero attached hydrogens (tertiary/aromatic N) is 2. The van der Waals surface area contributed by atoms with Gasteiger partial charge in [-0.15, -0.1) is 0 Å². The molecule has 1 saturated carbocycles. The van der Waals surface area contributed by atoms with E-state index in [0.29, 0.717) is 5.39 Å². The molecule has 17 heavy (non-hydrogen) atoms. The summed E-state index contributed by atoms with van der Waals surface area (Å²) in [6.45, 7) is 0. The van der Waals surface area contributed by atoms with Crippen LogP contribution in [0.3, 0.4) is 0 Å². The molecule has 0 bridgehead atoms. The van der Waals surface area contributed by atoms with E-state index in [1.54, 1.807) is 0 Å². The number of hydrogen-bond acceptors (Lipinski definition) is 2. The SMILES string of the molecule is O=c1c2ccc(F)c(Br)c2nc(Cl)n1C1CC1. The number of benzene rings is 1. The average Bonchev–Trinajstić information content (AvgIpc) is 3.08. The summed E-state index contributed by atoms with van der Waals surface area (Å²) in [6, 6.07) is 2.84. The van der Waals surface area contributed by atoms with Crippen LogP contribution in [0.25, 0.3) is 10.9 Å². The quantitative estimate of drug-likeness (QED) is 0.757. The molecule has 2 aromatic rings. The Morgan fingerprint density at radius 2 is 2.18 bits per heavy atom. The van der Waals surface area contributed by atoms with Gasteiger partial charge >= 0.3 is 0 Å². The van der Waals surface area contributed by atoms with E-state index in [1.165, 1.54) is 16.7 Å². The standard InChI is InChI=1S/C11H7BrClFN2O/c12-8-7(14)4-3-6-9(8)15-11(13)16(10(6)17)5-1-2-5/h3-5H,1-2H2. The molecule has 1 heterocycles. The van der Waals surface area contributed by atoms with Crippen molar-refractivity contribution in [2.45, 2.75) is 18.9 Å². The third kappa shape index (κ3) is 1.68. The molecule has 0 unspecified atom stereocenters. The molecule has 1 aromatic heterocycles. The van der Waals surface area contributed by atoms with Crippen molar-refractivity contribution in [2.24, 2.45) is 0 Å². The minimum absolute atomic E-state index is 0.122. The van der Waals surface area contributed by atoms with Gasteiger partial charge in [-0.05, 0) is 52.5 Å². The number of fused-ring (bicyclic) bond motifs is 1. The first-order chi connectivity index (χ1) is 8.09. The van der Waals surface area contributed by atoms with E-state index in [-0.39, 0.29) is 26.9 Å². The number of hydrogen-bond donors (Lipinski definition) is 0. The van der Waals surface area contributed by atoms with E-state index in [1.807, 2.05) is 0 Å². The van der Waals surface area contributed by atoms with Crippen LogP contribution in [-0.4, -0.2) is 9.55 Å². The molecule has 0 radical (unpaired) electrons. The summed E-state index contributed by atoms with van der Waals surface area (Å²) < 4.78 is 15.0. The number of rotatable bonds is 1. The second-order valence-corrected chi connectivity index (χ2v) is 5.18. The van der Waals surface area contributed by atoms with Gasteiger partial charge in [-0.25, -0.2) is 9.37 Å². The molecule has 6 heteroatoms. The maximum atomic E-state index is 13.3. The van der Waals surface area contributed by atoms with Gasteiger partial charge in [0.2, 0.25) is 5.28 Å². The second-order valence-electron chi connectivity index (χ2n) is 4.04. The van der Waals surface area contributed by atoms with Gasteiger partial charge in [-0.3, -0.25) is 9.36 Å². The van der Waals surface area contributed by atoms with E-state index in [2.05, 4.69) is 20.9 Å². The van der Waals surface area contributed by atoms with E-state index in [9.17, 15) is 9.18 Å². The van der Waals surface area contributed by atoms with Crippen molar-refractivity contribution in [3.8, 4) is 0 Å². The Balaban J connectivity index is 2.43. The highest BCUT2D eigenvalue weighted by Crippen LogP contribution is 2.36. The van der Waals surface area contributed by atoms with E-state index in [4.69, 9.17) is 11.6 Å². The van der Waals surface area contributed by atoms with E-state index >= 15 is 0 Å². The van der Waals surface area contributed by atoms with Crippen LogP contribution in [0.15, 0.2) is 21.4 Å². The highest BCUT2D eigenvalue weighted by molar-refractivity contribution is 9.10. The zero-order valence-corrected chi connectivity index (χ0v) is 10.9. The van der Waals surface area contributed by atoms with Crippen molar-refractivity contribution in [1.29, 1.82) is 0 Å². The lowest BCUT2D eigenvalue weighted by atomic mass is 10.2. The van der Waals surface area contributed by atoms with Crippen LogP contribution in [0.4, 0.5) is 4.39 Å². The fourth-order valence-electron chi connectivity index (χ4n) is 1.83. The summed E-state index contributed by atoms with van der Waals surface area (Å²) in [7, 11) is 0. The van der Waals surface area contributed by atoms with Gasteiger partial charge in [-0.2, -0.15) is 0 Å². The normalized spacial score (nSPS) is 15.5. The Morgan fingerprint density at radius 1 is 1.47 bits per heavy atom. The molecule has 3 nitrogen and oxygen atoms in total. The first-order valence-electron chi connectivity index (χ1n) is 5.15. The molecule has 1 aliphatic rings. The first kappa shape index (κ1) is 11.2. The van der Waals surface area contributed by atoms with Crippen LogP contribution in [0, 0.1) is 5.82 Å². The van der Waals surface area contributed by atoms with E-state index in [0.717, 1.165) is 12.8 Å². The fraction of sp³-hybridized carbons (Fsp3) is 0.273. The smallest absolute Gasteiger partial charge is 0.262 e. The molecule has 0 aliphatic heterocycles. The predicted octanol–water partition coefficient (Wildman–Crippen LogP) is 3.29. The summed E-state index contributed by atoms with van der Waals surface area (Å²) >= 11 is 9.06. The lowest BCUT2D eigenvalue weighted by Gasteiger charge is -2.08. The highest BCUT2D eigenvalue weighted by atomic mass is 79.9. The molecular formula is C11H7BrClFN2O. The zero-order chi connectivity index (χ0) is 12.2. The molecule has 0 atom stereocenters. The van der Waals surface area contributed by atoms with Crippen LogP contribution in [0.2, 0.25) is 5.28 Å². The summed E-state index contributed by atoms with van der Waals surface area (Å²) in [5.41, 5.74) is 0.0695. The molecular weight excluding hydrogens is 310 g/mol. The molecule has 0 N–H and O–H groups in total. The predicted molar refractivity (Wildman–Crippen MR) is 66.9 cm³/mol. The van der Waals surface area contributed by atoms with Crippen molar-refractivity contribution >= 4 is 38.4 Å². The van der Waals surface area contributed by atoms with Crippen LogP contribution in [-0.2, 0) is 0 Å². The molecule has 1 aromatic carbocycles. The molecule has 0 amide bonds. The first-order valence-corrected chi connectivity index (χ1v) is 6.32. The largest absolute Gasteiger partial charge is 0.280 e. The van der Waals surface area contributed by atoms with Crippen molar-refractivity contribution in [3.63, 3.8) is 0 Å². The van der Waals surface area contributed by atoms with Gasteiger partial charge in [-0.1, -0.05) is 0 Å². The summed E-state index contributed by atoms with van der Waals surface area (Å²) in [5.74, 6) is -0.454. The average molecular weight is 318 g/mol. The lowest BCUT2D eigenvalue weighted by molar-refractivity contribution is 0.622. The van der Waals surface area contributed by atoms with Gasteiger partial charge in [0.1, 0.15) is 5.82 Å². The van der Waals surface area contributed by atoms with Gasteiger partial charge in [0.15, 0.2) is 0 Å². The van der Waals surface area contributed by atoms with Crippen LogP contribution < -0.4 is 5.56 Å². The Morgan fingerprint density at radius 3 is 2.82 bits per heavy atom. The molecule has 0 saturated heterocycles. The Bertz CT molecular complexity index is 681. The fourth-order valence-corrected chi connectivity index (χ4v) is 2.56. The second kappa shape index (κ2) is 3.78. The number of halogens is 3. The zero-order valence-electron chi connectivity index (χ0n) is 8.58. The number of aromatic nitrogens is 2. The monoisotopic (exact) mass is 316 g/mol. The van der Waals surface area contributed by atoms with Gasteiger partial charge in [0.25, 0.3) is 5.56 Å². The molecule has 88 valence electrons. The van der Waals surface area contributed by atoms with Crippen LogP contribution >= 0.6 is 27.5 Å². The summed E-state index contributed by atoms with van der Waals surface area (Å²) in [4.78, 5) is 16.3. The Kier molecular flexibility index (Phi) is 2.48. The van der Waals surface area contributed by atoms with E-state index < -0.39 is 5.82 Å². The summed E-state index contributed by atoms with van der Waals surface area (Å²) in [6.07, 6.45) is 1.88. The van der Waals surface area contributed by atoms with Gasteiger partial charge < -0.3 is 0 Å². The minimum atomic E-state index is -0.454. The Labute approximate surface area is 109 Å². The topological polar surface area (TPSA) is 34.9 Å². The van der Waals surface area contributed by atoms with Crippen LogP contribution in [0.1, 0.15) is 18.9 Å². The maximum Gasteiger partial charge on any atom is 0.262 e. The van der Waals surface area contributed by atoms with Crippen molar-refractivity contribution in [3.05, 3.63) is 38.1 Å². The molecule has 0 spiro atoms. The minimum Gasteiger partial charge on any atom is -0.280 e. The molecule has 3 rings (SSSR count). The highest BCUT2D eigenvalue weighted by Gasteiger charge is 2.28. The van der Waals surface area contributed by atoms with Crippen molar-refractivity contribution in [2.75, 3.05) is 0 Å². The summed E-state index contributed by atoms with van der Waals surface area (Å²) in [5, 5.41) is 0.505. The molecule has 1 aliphatic carbocycles.